The summed E-state index contributed by atoms with van der Waals surface area (Å²) in [5.41, 5.74) is 4.06. The van der Waals surface area contributed by atoms with Crippen molar-refractivity contribution in [3.63, 3.8) is 0 Å². The number of aromatic nitrogens is 2. The number of ether oxygens (including phenoxy) is 1. The van der Waals surface area contributed by atoms with Gasteiger partial charge in [0.05, 0.1) is 17.7 Å². The molecule has 0 radical (unpaired) electrons. The van der Waals surface area contributed by atoms with Crippen molar-refractivity contribution in [2.75, 3.05) is 5.32 Å². The molecule has 1 unspecified atom stereocenters. The van der Waals surface area contributed by atoms with Crippen LogP contribution in [0.1, 0.15) is 35.3 Å². The van der Waals surface area contributed by atoms with Gasteiger partial charge in [-0.1, -0.05) is 0 Å². The molecule has 3 aromatic rings. The maximum atomic E-state index is 9.78. The Balaban J connectivity index is 1.81. The highest BCUT2D eigenvalue weighted by atomic mass is 16.5. The zero-order chi connectivity index (χ0) is 19.4. The number of nitrogens with zero attached hydrogens (tertiary/aromatic N) is 3. The van der Waals surface area contributed by atoms with Gasteiger partial charge in [-0.2, -0.15) is 10.2 Å². The summed E-state index contributed by atoms with van der Waals surface area (Å²) in [5, 5.41) is 21.7. The Hall–Kier alpha value is -3.43. The van der Waals surface area contributed by atoms with Crippen molar-refractivity contribution in [3.8, 4) is 17.7 Å². The molecule has 136 valence electrons. The number of benzene rings is 2. The van der Waals surface area contributed by atoms with E-state index in [1.165, 1.54) is 0 Å². The first kappa shape index (κ1) is 18.4. The van der Waals surface area contributed by atoms with E-state index in [0.717, 1.165) is 22.4 Å². The lowest BCUT2D eigenvalue weighted by atomic mass is 10.0. The van der Waals surface area contributed by atoms with E-state index in [4.69, 9.17) is 10.00 Å². The average molecular weight is 360 g/mol. The van der Waals surface area contributed by atoms with Gasteiger partial charge in [0.1, 0.15) is 5.75 Å². The van der Waals surface area contributed by atoms with Crippen molar-refractivity contribution in [2.24, 2.45) is 0 Å². The maximum Gasteiger partial charge on any atom is 0.230 e. The molecule has 3 rings (SSSR count). The fourth-order valence-corrected chi connectivity index (χ4v) is 2.71. The van der Waals surface area contributed by atoms with Gasteiger partial charge in [0.15, 0.2) is 0 Å². The molecule has 1 aromatic heterocycles. The average Bonchev–Trinajstić information content (AvgIpc) is 2.65. The third-order valence-electron chi connectivity index (χ3n) is 4.07. The number of hydrogen-bond acceptors (Lipinski definition) is 6. The van der Waals surface area contributed by atoms with Crippen LogP contribution in [0.3, 0.4) is 0 Å². The molecule has 0 bridgehead atoms. The van der Waals surface area contributed by atoms with Gasteiger partial charge in [0.2, 0.25) is 11.8 Å². The van der Waals surface area contributed by atoms with Crippen molar-refractivity contribution in [2.45, 2.75) is 26.9 Å². The fourth-order valence-electron chi connectivity index (χ4n) is 2.71. The largest absolute Gasteiger partial charge is 0.438 e. The molecule has 0 spiro atoms. The van der Waals surface area contributed by atoms with Crippen LogP contribution < -0.4 is 10.1 Å². The number of nitriles is 1. The number of aliphatic hydroxyl groups excluding tert-OH is 1. The van der Waals surface area contributed by atoms with Gasteiger partial charge in [-0.15, -0.1) is 0 Å². The van der Waals surface area contributed by atoms with Crippen molar-refractivity contribution < 1.29 is 9.84 Å². The second kappa shape index (κ2) is 7.85. The van der Waals surface area contributed by atoms with Crippen molar-refractivity contribution in [1.82, 2.24) is 9.97 Å². The van der Waals surface area contributed by atoms with Gasteiger partial charge in [0, 0.05) is 18.0 Å². The van der Waals surface area contributed by atoms with E-state index >= 15 is 0 Å². The summed E-state index contributed by atoms with van der Waals surface area (Å²) in [7, 11) is 0. The Labute approximate surface area is 158 Å². The minimum absolute atomic E-state index is 0.396. The maximum absolute atomic E-state index is 9.78. The van der Waals surface area contributed by atoms with E-state index in [2.05, 4.69) is 21.4 Å². The molecule has 0 saturated heterocycles. The predicted molar refractivity (Wildman–Crippen MR) is 103 cm³/mol. The molecular weight excluding hydrogens is 340 g/mol. The summed E-state index contributed by atoms with van der Waals surface area (Å²) in [5.74, 6) is 1.52. The standard InChI is InChI=1S/C21H20N4O2/c1-13-10-17(15(3)26)11-14(2)20(13)27-19-8-9-23-21(25-19)24-18-6-4-16(12-22)5-7-18/h4-11,15,26H,1-3H3,(H,23,24,25). The first-order valence-electron chi connectivity index (χ1n) is 8.53. The third-order valence-corrected chi connectivity index (χ3v) is 4.07. The lowest BCUT2D eigenvalue weighted by Gasteiger charge is -2.15. The second-order valence-electron chi connectivity index (χ2n) is 6.29. The summed E-state index contributed by atoms with van der Waals surface area (Å²) >= 11 is 0. The molecule has 6 heteroatoms. The van der Waals surface area contributed by atoms with E-state index in [-0.39, 0.29) is 0 Å². The van der Waals surface area contributed by atoms with Crippen LogP contribution in [0, 0.1) is 25.2 Å². The number of nitrogens with one attached hydrogen (secondary N) is 1. The lowest BCUT2D eigenvalue weighted by molar-refractivity contribution is 0.199. The molecule has 1 atom stereocenters. The number of rotatable bonds is 5. The van der Waals surface area contributed by atoms with Crippen LogP contribution in [0.25, 0.3) is 0 Å². The topological polar surface area (TPSA) is 91.1 Å². The van der Waals surface area contributed by atoms with Gasteiger partial charge < -0.3 is 15.2 Å². The smallest absolute Gasteiger partial charge is 0.230 e. The zero-order valence-electron chi connectivity index (χ0n) is 15.4. The molecule has 0 saturated carbocycles. The summed E-state index contributed by atoms with van der Waals surface area (Å²) in [6.07, 6.45) is 1.09. The van der Waals surface area contributed by atoms with Crippen molar-refractivity contribution >= 4 is 11.6 Å². The molecule has 0 aliphatic heterocycles. The highest BCUT2D eigenvalue weighted by molar-refractivity contribution is 5.55. The molecule has 27 heavy (non-hydrogen) atoms. The molecule has 2 aromatic carbocycles. The minimum Gasteiger partial charge on any atom is -0.438 e. The SMILES string of the molecule is Cc1cc(C(C)O)cc(C)c1Oc1ccnc(Nc2ccc(C#N)cc2)n1. The monoisotopic (exact) mass is 360 g/mol. The van der Waals surface area contributed by atoms with Crippen LogP contribution >= 0.6 is 0 Å². The van der Waals surface area contributed by atoms with Crippen LogP contribution in [-0.4, -0.2) is 15.1 Å². The molecule has 6 nitrogen and oxygen atoms in total. The van der Waals surface area contributed by atoms with Gasteiger partial charge in [0.25, 0.3) is 0 Å². The van der Waals surface area contributed by atoms with Gasteiger partial charge in [-0.3, -0.25) is 0 Å². The van der Waals surface area contributed by atoms with Gasteiger partial charge in [-0.25, -0.2) is 4.98 Å². The lowest BCUT2D eigenvalue weighted by Crippen LogP contribution is -2.00. The van der Waals surface area contributed by atoms with Crippen LogP contribution in [0.2, 0.25) is 0 Å². The summed E-state index contributed by atoms with van der Waals surface area (Å²) in [4.78, 5) is 8.59. The minimum atomic E-state index is -0.529. The van der Waals surface area contributed by atoms with Crippen molar-refractivity contribution in [1.29, 1.82) is 5.26 Å². The third kappa shape index (κ3) is 4.40. The predicted octanol–water partition coefficient (Wildman–Crippen LogP) is 4.55. The molecule has 2 N–H and O–H groups in total. The highest BCUT2D eigenvalue weighted by Crippen LogP contribution is 2.31. The van der Waals surface area contributed by atoms with Crippen LogP contribution in [0.4, 0.5) is 11.6 Å². The first-order valence-corrected chi connectivity index (χ1v) is 8.53. The Kier molecular flexibility index (Phi) is 5.34. The Morgan fingerprint density at radius 2 is 1.78 bits per heavy atom. The number of anilines is 2. The van der Waals surface area contributed by atoms with Crippen LogP contribution in [-0.2, 0) is 0 Å². The van der Waals surface area contributed by atoms with Crippen molar-refractivity contribution in [3.05, 3.63) is 70.9 Å². The normalized spacial score (nSPS) is 11.5. The van der Waals surface area contributed by atoms with E-state index in [1.54, 1.807) is 43.5 Å². The Morgan fingerprint density at radius 1 is 1.11 bits per heavy atom. The van der Waals surface area contributed by atoms with E-state index in [1.807, 2.05) is 26.0 Å². The molecule has 0 aliphatic rings. The van der Waals surface area contributed by atoms with E-state index < -0.39 is 6.10 Å². The van der Waals surface area contributed by atoms with E-state index in [0.29, 0.717) is 23.1 Å². The molecule has 0 fully saturated rings. The van der Waals surface area contributed by atoms with Crippen LogP contribution in [0.15, 0.2) is 48.7 Å². The molecule has 0 amide bonds. The summed E-state index contributed by atoms with van der Waals surface area (Å²) in [6, 6.07) is 14.6. The summed E-state index contributed by atoms with van der Waals surface area (Å²) in [6.45, 7) is 5.61. The number of hydrogen-bond donors (Lipinski definition) is 2. The Morgan fingerprint density at radius 3 is 2.37 bits per heavy atom. The molecule has 1 heterocycles. The second-order valence-corrected chi connectivity index (χ2v) is 6.29. The molecule has 0 aliphatic carbocycles. The zero-order valence-corrected chi connectivity index (χ0v) is 15.4. The first-order chi connectivity index (χ1) is 13.0. The van der Waals surface area contributed by atoms with E-state index in [9.17, 15) is 5.11 Å². The van der Waals surface area contributed by atoms with Gasteiger partial charge >= 0.3 is 0 Å². The Bertz CT molecular complexity index is 969. The number of aliphatic hydroxyl groups is 1. The summed E-state index contributed by atoms with van der Waals surface area (Å²) < 4.78 is 5.97. The quantitative estimate of drug-likeness (QED) is 0.693. The van der Waals surface area contributed by atoms with Crippen LogP contribution in [0.5, 0.6) is 11.6 Å². The fraction of sp³-hybridized carbons (Fsp3) is 0.190. The highest BCUT2D eigenvalue weighted by Gasteiger charge is 2.11. The molecular formula is C21H20N4O2. The van der Waals surface area contributed by atoms with Gasteiger partial charge in [-0.05, 0) is 73.9 Å². The number of aryl methyl sites for hydroxylation is 2.